The third-order valence-corrected chi connectivity index (χ3v) is 2.89. The van der Waals surface area contributed by atoms with Gasteiger partial charge in [-0.05, 0) is 12.1 Å². The molecule has 0 aliphatic carbocycles. The zero-order chi connectivity index (χ0) is 13.0. The van der Waals surface area contributed by atoms with Gasteiger partial charge in [0, 0.05) is 23.8 Å². The zero-order valence-corrected chi connectivity index (χ0v) is 9.97. The molecule has 0 fully saturated rings. The highest BCUT2D eigenvalue weighted by molar-refractivity contribution is 7.99. The third-order valence-electron chi connectivity index (χ3n) is 2.05. The molecule has 1 heterocycles. The predicted molar refractivity (Wildman–Crippen MR) is 62.7 cm³/mol. The van der Waals surface area contributed by atoms with Crippen LogP contribution in [0.3, 0.4) is 0 Å². The van der Waals surface area contributed by atoms with Crippen molar-refractivity contribution in [2.24, 2.45) is 0 Å². The van der Waals surface area contributed by atoms with Gasteiger partial charge < -0.3 is 0 Å². The minimum atomic E-state index is -0.667. The molecule has 0 aliphatic rings. The number of rotatable bonds is 4. The molecule has 0 spiro atoms. The standard InChI is InChI=1S/C11H8F2N4S/c12-8-4-7(5-9(13)6-8)10-15-11(17-16-10)18-3-1-2-14/h4-6H,1,3H2,(H,15,16,17). The largest absolute Gasteiger partial charge is 0.258 e. The van der Waals surface area contributed by atoms with Crippen LogP contribution in [0.2, 0.25) is 0 Å². The SMILES string of the molecule is N#CCCSc1n[nH]c(-c2cc(F)cc(F)c2)n1. The topological polar surface area (TPSA) is 65.4 Å². The lowest BCUT2D eigenvalue weighted by Gasteiger charge is -1.96. The first kappa shape index (κ1) is 12.5. The van der Waals surface area contributed by atoms with Crippen LogP contribution >= 0.6 is 11.8 Å². The summed E-state index contributed by atoms with van der Waals surface area (Å²) in [5.41, 5.74) is 0.298. The lowest BCUT2D eigenvalue weighted by molar-refractivity contribution is 0.584. The number of nitriles is 1. The number of nitrogens with zero attached hydrogens (tertiary/aromatic N) is 3. The van der Waals surface area contributed by atoms with Crippen LogP contribution in [0.1, 0.15) is 6.42 Å². The van der Waals surface area contributed by atoms with Crippen molar-refractivity contribution in [1.82, 2.24) is 15.2 Å². The molecule has 0 aliphatic heterocycles. The molecule has 1 aromatic heterocycles. The second-order valence-corrected chi connectivity index (χ2v) is 4.44. The molecule has 1 N–H and O–H groups in total. The molecule has 0 saturated heterocycles. The summed E-state index contributed by atoms with van der Waals surface area (Å²) in [5.74, 6) is -0.460. The van der Waals surface area contributed by atoms with Crippen molar-refractivity contribution in [2.75, 3.05) is 5.75 Å². The Kier molecular flexibility index (Phi) is 3.89. The predicted octanol–water partition coefficient (Wildman–Crippen LogP) is 2.76. The number of hydrogen-bond donors (Lipinski definition) is 1. The van der Waals surface area contributed by atoms with E-state index in [0.29, 0.717) is 28.7 Å². The molecular formula is C11H8F2N4S. The molecule has 0 amide bonds. The maximum absolute atomic E-state index is 13.0. The summed E-state index contributed by atoms with van der Waals surface area (Å²) in [6, 6.07) is 5.15. The van der Waals surface area contributed by atoms with Crippen molar-refractivity contribution >= 4 is 11.8 Å². The number of nitrogens with one attached hydrogen (secondary N) is 1. The Morgan fingerprint density at radius 1 is 1.28 bits per heavy atom. The third kappa shape index (κ3) is 3.05. The normalized spacial score (nSPS) is 10.3. The van der Waals surface area contributed by atoms with E-state index in [9.17, 15) is 8.78 Å². The van der Waals surface area contributed by atoms with E-state index in [0.717, 1.165) is 6.07 Å². The molecule has 0 saturated carbocycles. The van der Waals surface area contributed by atoms with Crippen LogP contribution in [0.15, 0.2) is 23.4 Å². The molecule has 2 aromatic rings. The summed E-state index contributed by atoms with van der Waals surface area (Å²) in [7, 11) is 0. The molecule has 1 aromatic carbocycles. The minimum Gasteiger partial charge on any atom is -0.258 e. The highest BCUT2D eigenvalue weighted by Gasteiger charge is 2.08. The van der Waals surface area contributed by atoms with Gasteiger partial charge in [-0.25, -0.2) is 13.8 Å². The van der Waals surface area contributed by atoms with E-state index in [-0.39, 0.29) is 0 Å². The number of benzene rings is 1. The average Bonchev–Trinajstić information content (AvgIpc) is 2.77. The first-order valence-corrected chi connectivity index (χ1v) is 6.06. The number of halogens is 2. The van der Waals surface area contributed by atoms with Gasteiger partial charge in [-0.15, -0.1) is 5.10 Å². The second kappa shape index (κ2) is 5.60. The van der Waals surface area contributed by atoms with Gasteiger partial charge in [0.15, 0.2) is 5.82 Å². The molecule has 7 heteroatoms. The second-order valence-electron chi connectivity index (χ2n) is 3.38. The summed E-state index contributed by atoms with van der Waals surface area (Å²) in [6.45, 7) is 0. The van der Waals surface area contributed by atoms with Gasteiger partial charge in [0.25, 0.3) is 0 Å². The summed E-state index contributed by atoms with van der Waals surface area (Å²) >= 11 is 1.31. The van der Waals surface area contributed by atoms with E-state index in [1.54, 1.807) is 0 Å². The monoisotopic (exact) mass is 266 g/mol. The number of hydrogen-bond acceptors (Lipinski definition) is 4. The molecular weight excluding hydrogens is 258 g/mol. The first-order chi connectivity index (χ1) is 8.69. The van der Waals surface area contributed by atoms with Crippen molar-refractivity contribution in [3.63, 3.8) is 0 Å². The quantitative estimate of drug-likeness (QED) is 0.682. The number of aromatic nitrogens is 3. The van der Waals surface area contributed by atoms with E-state index >= 15 is 0 Å². The Balaban J connectivity index is 2.16. The van der Waals surface area contributed by atoms with Crippen molar-refractivity contribution in [3.05, 3.63) is 29.8 Å². The van der Waals surface area contributed by atoms with Crippen LogP contribution < -0.4 is 0 Å². The van der Waals surface area contributed by atoms with Crippen LogP contribution in [-0.4, -0.2) is 20.9 Å². The Hall–Kier alpha value is -1.94. The first-order valence-electron chi connectivity index (χ1n) is 5.07. The lowest BCUT2D eigenvalue weighted by atomic mass is 10.2. The smallest absolute Gasteiger partial charge is 0.208 e. The molecule has 0 unspecified atom stereocenters. The molecule has 2 rings (SSSR count). The van der Waals surface area contributed by atoms with E-state index in [1.807, 2.05) is 6.07 Å². The highest BCUT2D eigenvalue weighted by atomic mass is 32.2. The maximum Gasteiger partial charge on any atom is 0.208 e. The Labute approximate surface area is 106 Å². The van der Waals surface area contributed by atoms with Gasteiger partial charge in [0.2, 0.25) is 5.16 Å². The highest BCUT2D eigenvalue weighted by Crippen LogP contribution is 2.21. The fourth-order valence-corrected chi connectivity index (χ4v) is 1.96. The fourth-order valence-electron chi connectivity index (χ4n) is 1.32. The summed E-state index contributed by atoms with van der Waals surface area (Å²) in [4.78, 5) is 4.09. The van der Waals surface area contributed by atoms with E-state index in [1.165, 1.54) is 23.9 Å². The molecule has 0 bridgehead atoms. The van der Waals surface area contributed by atoms with Crippen LogP contribution in [-0.2, 0) is 0 Å². The van der Waals surface area contributed by atoms with Crippen LogP contribution in [0.25, 0.3) is 11.4 Å². The van der Waals surface area contributed by atoms with Crippen molar-refractivity contribution < 1.29 is 8.78 Å². The summed E-state index contributed by atoms with van der Waals surface area (Å²) in [6.07, 6.45) is 0.392. The van der Waals surface area contributed by atoms with Gasteiger partial charge in [-0.1, -0.05) is 11.8 Å². The van der Waals surface area contributed by atoms with Gasteiger partial charge in [-0.2, -0.15) is 5.26 Å². The Morgan fingerprint density at radius 2 is 2.00 bits per heavy atom. The van der Waals surface area contributed by atoms with Gasteiger partial charge >= 0.3 is 0 Å². The Morgan fingerprint density at radius 3 is 2.67 bits per heavy atom. The van der Waals surface area contributed by atoms with Gasteiger partial charge in [0.1, 0.15) is 11.6 Å². The van der Waals surface area contributed by atoms with Crippen molar-refractivity contribution in [2.45, 2.75) is 11.6 Å². The van der Waals surface area contributed by atoms with Crippen molar-refractivity contribution in [1.29, 1.82) is 5.26 Å². The molecule has 4 nitrogen and oxygen atoms in total. The minimum absolute atomic E-state index is 0.298. The molecule has 18 heavy (non-hydrogen) atoms. The van der Waals surface area contributed by atoms with Crippen LogP contribution in [0.5, 0.6) is 0 Å². The van der Waals surface area contributed by atoms with Crippen LogP contribution in [0, 0.1) is 23.0 Å². The number of aromatic amines is 1. The van der Waals surface area contributed by atoms with Gasteiger partial charge in [0.05, 0.1) is 6.07 Å². The van der Waals surface area contributed by atoms with E-state index < -0.39 is 11.6 Å². The van der Waals surface area contributed by atoms with Crippen LogP contribution in [0.4, 0.5) is 8.78 Å². The molecule has 92 valence electrons. The summed E-state index contributed by atoms with van der Waals surface area (Å²) < 4.78 is 26.1. The van der Waals surface area contributed by atoms with E-state index in [4.69, 9.17) is 5.26 Å². The summed E-state index contributed by atoms with van der Waals surface area (Å²) in [5, 5.41) is 15.3. The maximum atomic E-state index is 13.0. The van der Waals surface area contributed by atoms with E-state index in [2.05, 4.69) is 15.2 Å². The Bertz CT molecular complexity index is 571. The fraction of sp³-hybridized carbons (Fsp3) is 0.182. The number of H-pyrrole nitrogens is 1. The average molecular weight is 266 g/mol. The molecule has 0 radical (unpaired) electrons. The van der Waals surface area contributed by atoms with Gasteiger partial charge in [-0.3, -0.25) is 5.10 Å². The lowest BCUT2D eigenvalue weighted by Crippen LogP contribution is -1.86. The number of thioether (sulfide) groups is 1. The van der Waals surface area contributed by atoms with Crippen molar-refractivity contribution in [3.8, 4) is 17.5 Å². The molecule has 0 atom stereocenters. The zero-order valence-electron chi connectivity index (χ0n) is 9.15.